The molecule has 2 aliphatic heterocycles. The molecule has 4 N–H and O–H groups in total. The van der Waals surface area contributed by atoms with E-state index in [4.69, 9.17) is 15.5 Å². The minimum Gasteiger partial charge on any atom is -0.358 e. The van der Waals surface area contributed by atoms with Crippen molar-refractivity contribution in [3.63, 3.8) is 0 Å². The van der Waals surface area contributed by atoms with Gasteiger partial charge < -0.3 is 15.0 Å². The number of nitrogens with one attached hydrogen (secondary N) is 2. The van der Waals surface area contributed by atoms with Crippen molar-refractivity contribution >= 4 is 11.4 Å². The molecule has 6 heteroatoms. The van der Waals surface area contributed by atoms with Gasteiger partial charge in [-0.25, -0.2) is 4.99 Å². The van der Waals surface area contributed by atoms with Gasteiger partial charge in [0.05, 0.1) is 23.7 Å². The zero-order chi connectivity index (χ0) is 19.4. The van der Waals surface area contributed by atoms with E-state index in [1.165, 1.54) is 37.1 Å². The Morgan fingerprint density at radius 3 is 2.64 bits per heavy atom. The van der Waals surface area contributed by atoms with Crippen LogP contribution in [0.15, 0.2) is 41.5 Å². The van der Waals surface area contributed by atoms with Gasteiger partial charge in [-0.15, -0.1) is 0 Å². The summed E-state index contributed by atoms with van der Waals surface area (Å²) in [5.74, 6) is -1.20. The van der Waals surface area contributed by atoms with Crippen LogP contribution >= 0.6 is 0 Å². The fourth-order valence-electron chi connectivity index (χ4n) is 3.91. The van der Waals surface area contributed by atoms with Gasteiger partial charge in [-0.1, -0.05) is 37.6 Å². The number of likely N-dealkylation sites (tertiary alicyclic amines) is 1. The van der Waals surface area contributed by atoms with Crippen LogP contribution < -0.4 is 11.1 Å². The number of aromatic amines is 1. The summed E-state index contributed by atoms with van der Waals surface area (Å²) >= 11 is 0. The number of unbranched alkanes of at least 4 members (excludes halogenated alkanes) is 1. The number of benzene rings is 1. The van der Waals surface area contributed by atoms with Crippen molar-refractivity contribution in [3.05, 3.63) is 53.3 Å². The lowest BCUT2D eigenvalue weighted by Gasteiger charge is -2.32. The summed E-state index contributed by atoms with van der Waals surface area (Å²) in [5, 5.41) is 3.21. The maximum absolute atomic E-state index is 6.39. The monoisotopic (exact) mass is 381 g/mol. The van der Waals surface area contributed by atoms with Gasteiger partial charge in [0, 0.05) is 19.2 Å². The lowest BCUT2D eigenvalue weighted by atomic mass is 10.0. The van der Waals surface area contributed by atoms with E-state index >= 15 is 0 Å². The quantitative estimate of drug-likeness (QED) is 0.483. The molecule has 1 fully saturated rings. The largest absolute Gasteiger partial charge is 0.358 e. The topological polar surface area (TPSA) is 78.7 Å². The van der Waals surface area contributed by atoms with E-state index in [1.54, 1.807) is 0 Å². The predicted octanol–water partition coefficient (Wildman–Crippen LogP) is 3.45. The van der Waals surface area contributed by atoms with Crippen molar-refractivity contribution in [2.75, 3.05) is 25.0 Å². The number of aromatic nitrogens is 1. The van der Waals surface area contributed by atoms with Crippen molar-refractivity contribution in [1.29, 1.82) is 0 Å². The number of nitrogens with zero attached hydrogens (tertiary/aromatic N) is 2. The number of ether oxygens (including phenoxy) is 1. The second kappa shape index (κ2) is 8.47. The molecular formula is C22H31N5O. The summed E-state index contributed by atoms with van der Waals surface area (Å²) in [6, 6.07) is 10.9. The molecule has 1 atom stereocenters. The Labute approximate surface area is 167 Å². The smallest absolute Gasteiger partial charge is 0.298 e. The SMILES string of the molecule is CCCCOC1(N)N=C(Cc2ccc(CN3CCCC3)cc2)c2[nH]ccc2N1. The Kier molecular flexibility index (Phi) is 5.80. The molecule has 2 aromatic rings. The predicted molar refractivity (Wildman–Crippen MR) is 113 cm³/mol. The molecule has 0 saturated carbocycles. The van der Waals surface area contributed by atoms with Gasteiger partial charge >= 0.3 is 0 Å². The van der Waals surface area contributed by atoms with E-state index < -0.39 is 5.97 Å². The Morgan fingerprint density at radius 1 is 1.14 bits per heavy atom. The lowest BCUT2D eigenvalue weighted by molar-refractivity contribution is -0.0147. The Morgan fingerprint density at radius 2 is 1.89 bits per heavy atom. The highest BCUT2D eigenvalue weighted by molar-refractivity contribution is 6.06. The van der Waals surface area contributed by atoms with Crippen LogP contribution in [0, 0.1) is 0 Å². The lowest BCUT2D eigenvalue weighted by Crippen LogP contribution is -2.51. The molecule has 0 radical (unpaired) electrons. The maximum Gasteiger partial charge on any atom is 0.298 e. The third-order valence-electron chi connectivity index (χ3n) is 5.47. The Bertz CT molecular complexity index is 807. The highest BCUT2D eigenvalue weighted by Crippen LogP contribution is 2.27. The molecule has 0 bridgehead atoms. The van der Waals surface area contributed by atoms with Crippen LogP contribution in [0.1, 0.15) is 49.4 Å². The second-order valence-electron chi connectivity index (χ2n) is 7.82. The molecule has 1 aromatic carbocycles. The number of anilines is 1. The summed E-state index contributed by atoms with van der Waals surface area (Å²) < 4.78 is 5.86. The summed E-state index contributed by atoms with van der Waals surface area (Å²) in [7, 11) is 0. The molecule has 1 saturated heterocycles. The minimum absolute atomic E-state index is 0.585. The third kappa shape index (κ3) is 4.46. The van der Waals surface area contributed by atoms with Crippen LogP contribution in [0.2, 0.25) is 0 Å². The van der Waals surface area contributed by atoms with Gasteiger partial charge in [-0.05, 0) is 49.5 Å². The van der Waals surface area contributed by atoms with E-state index in [1.807, 2.05) is 12.3 Å². The van der Waals surface area contributed by atoms with E-state index in [-0.39, 0.29) is 0 Å². The van der Waals surface area contributed by atoms with E-state index in [0.29, 0.717) is 6.61 Å². The first-order valence-electron chi connectivity index (χ1n) is 10.4. The van der Waals surface area contributed by atoms with Gasteiger partial charge in [-0.2, -0.15) is 0 Å². The normalized spacial score (nSPS) is 22.0. The first-order valence-corrected chi connectivity index (χ1v) is 10.4. The summed E-state index contributed by atoms with van der Waals surface area (Å²) in [5.41, 5.74) is 11.8. The zero-order valence-corrected chi connectivity index (χ0v) is 16.7. The van der Waals surface area contributed by atoms with Gasteiger partial charge in [-0.3, -0.25) is 10.6 Å². The fourth-order valence-corrected chi connectivity index (χ4v) is 3.91. The number of H-pyrrole nitrogens is 1. The molecule has 6 nitrogen and oxygen atoms in total. The van der Waals surface area contributed by atoms with E-state index in [0.717, 1.165) is 42.9 Å². The summed E-state index contributed by atoms with van der Waals surface area (Å²) in [6.07, 6.45) is 7.30. The minimum atomic E-state index is -1.20. The average Bonchev–Trinajstić information content (AvgIpc) is 3.35. The fraction of sp³-hybridized carbons (Fsp3) is 0.500. The number of nitrogens with two attached hydrogens (primary N) is 1. The highest BCUT2D eigenvalue weighted by atomic mass is 16.5. The second-order valence-corrected chi connectivity index (χ2v) is 7.82. The van der Waals surface area contributed by atoms with Gasteiger partial charge in [0.1, 0.15) is 0 Å². The number of fused-ring (bicyclic) bond motifs is 1. The van der Waals surface area contributed by atoms with Crippen molar-refractivity contribution in [2.24, 2.45) is 10.7 Å². The van der Waals surface area contributed by atoms with Gasteiger partial charge in [0.2, 0.25) is 0 Å². The van der Waals surface area contributed by atoms with Crippen molar-refractivity contribution < 1.29 is 4.74 Å². The van der Waals surface area contributed by atoms with E-state index in [2.05, 4.69) is 46.4 Å². The molecule has 0 spiro atoms. The maximum atomic E-state index is 6.39. The molecule has 4 rings (SSSR count). The molecule has 28 heavy (non-hydrogen) atoms. The molecule has 3 heterocycles. The van der Waals surface area contributed by atoms with Gasteiger partial charge in [0.15, 0.2) is 0 Å². The first-order chi connectivity index (χ1) is 13.6. The van der Waals surface area contributed by atoms with Crippen LogP contribution in [0.5, 0.6) is 0 Å². The van der Waals surface area contributed by atoms with Crippen molar-refractivity contribution in [3.8, 4) is 0 Å². The molecule has 0 aliphatic carbocycles. The van der Waals surface area contributed by atoms with Crippen LogP contribution in [-0.4, -0.2) is 41.3 Å². The number of rotatable bonds is 8. The van der Waals surface area contributed by atoms with Crippen LogP contribution in [0.4, 0.5) is 5.69 Å². The Hall–Kier alpha value is -2.15. The molecule has 150 valence electrons. The molecule has 1 unspecified atom stereocenters. The highest BCUT2D eigenvalue weighted by Gasteiger charge is 2.32. The zero-order valence-electron chi connectivity index (χ0n) is 16.7. The average molecular weight is 382 g/mol. The molecule has 0 amide bonds. The van der Waals surface area contributed by atoms with Crippen LogP contribution in [0.3, 0.4) is 0 Å². The number of hydrogen-bond donors (Lipinski definition) is 3. The van der Waals surface area contributed by atoms with Crippen LogP contribution in [-0.2, 0) is 17.7 Å². The Balaban J connectivity index is 1.47. The van der Waals surface area contributed by atoms with Crippen LogP contribution in [0.25, 0.3) is 0 Å². The summed E-state index contributed by atoms with van der Waals surface area (Å²) in [6.45, 7) is 6.20. The molecule has 1 aromatic heterocycles. The summed E-state index contributed by atoms with van der Waals surface area (Å²) in [4.78, 5) is 10.5. The van der Waals surface area contributed by atoms with Crippen molar-refractivity contribution in [2.45, 2.75) is 51.5 Å². The standard InChI is InChI=1S/C22H31N5O/c1-2-3-14-28-22(23)25-19-10-11-24-21(19)20(26-22)15-17-6-8-18(9-7-17)16-27-12-4-5-13-27/h6-11,24-25H,2-5,12-16,23H2,1H3. The molecular weight excluding hydrogens is 350 g/mol. The number of aliphatic imine (C=N–C) groups is 1. The van der Waals surface area contributed by atoms with E-state index in [9.17, 15) is 0 Å². The third-order valence-corrected chi connectivity index (χ3v) is 5.47. The number of hydrogen-bond acceptors (Lipinski definition) is 5. The first kappa shape index (κ1) is 19.2. The molecule has 2 aliphatic rings. The van der Waals surface area contributed by atoms with Gasteiger partial charge in [0.25, 0.3) is 5.97 Å². The van der Waals surface area contributed by atoms with Crippen molar-refractivity contribution in [1.82, 2.24) is 9.88 Å².